The zero-order valence-electron chi connectivity index (χ0n) is 20.7. The number of amides is 2. The molecule has 1 N–H and O–H groups in total. The summed E-state index contributed by atoms with van der Waals surface area (Å²) in [5, 5.41) is 3.32. The summed E-state index contributed by atoms with van der Waals surface area (Å²) in [4.78, 5) is 28.2. The van der Waals surface area contributed by atoms with Gasteiger partial charge in [-0.3, -0.25) is 13.9 Å². The van der Waals surface area contributed by atoms with Crippen LogP contribution in [0.1, 0.15) is 38.3 Å². The Morgan fingerprint density at radius 1 is 1.09 bits per heavy atom. The summed E-state index contributed by atoms with van der Waals surface area (Å²) in [6.07, 6.45) is 1.36. The highest BCUT2D eigenvalue weighted by Crippen LogP contribution is 2.31. The molecule has 0 unspecified atom stereocenters. The highest BCUT2D eigenvalue weighted by molar-refractivity contribution is 7.92. The van der Waals surface area contributed by atoms with Crippen LogP contribution in [0.25, 0.3) is 0 Å². The fourth-order valence-corrected chi connectivity index (χ4v) is 4.87. The van der Waals surface area contributed by atoms with Crippen LogP contribution >= 0.6 is 23.2 Å². The molecule has 0 aliphatic heterocycles. The molecule has 0 aliphatic carbocycles. The molecule has 2 rings (SSSR count). The number of benzene rings is 2. The number of hydrogen-bond donors (Lipinski definition) is 1. The first kappa shape index (κ1) is 28.9. The summed E-state index contributed by atoms with van der Waals surface area (Å²) in [6.45, 7) is 7.80. The molecule has 0 heterocycles. The second-order valence-electron chi connectivity index (χ2n) is 8.88. The van der Waals surface area contributed by atoms with Gasteiger partial charge in [-0.1, -0.05) is 68.2 Å². The van der Waals surface area contributed by atoms with E-state index in [9.17, 15) is 18.0 Å². The molecule has 2 aromatic rings. The first-order valence-corrected chi connectivity index (χ1v) is 14.0. The van der Waals surface area contributed by atoms with Crippen molar-refractivity contribution < 1.29 is 18.0 Å². The average Bonchev–Trinajstić information content (AvgIpc) is 2.78. The summed E-state index contributed by atoms with van der Waals surface area (Å²) in [7, 11) is -3.90. The minimum absolute atomic E-state index is 0.100. The molecule has 192 valence electrons. The monoisotopic (exact) mass is 541 g/mol. The molecule has 0 aliphatic rings. The third-order valence-corrected chi connectivity index (χ3v) is 7.21. The maximum atomic E-state index is 13.7. The third-order valence-electron chi connectivity index (χ3n) is 5.53. The van der Waals surface area contributed by atoms with Crippen LogP contribution < -0.4 is 9.62 Å². The number of sulfonamides is 1. The lowest BCUT2D eigenvalue weighted by molar-refractivity contribution is -0.140. The standard InChI is InChI=1S/C25H33Cl2N3O4S/c1-6-22(25(32)28-14-17(2)3)29(15-19-10-8-7-9-18(19)4)24(31)16-30(35(5,33)34)23-13-20(26)11-12-21(23)27/h7-13,17,22H,6,14-16H2,1-5H3,(H,28,32)/t22-/m1/s1. The van der Waals surface area contributed by atoms with Gasteiger partial charge in [0.2, 0.25) is 21.8 Å². The van der Waals surface area contributed by atoms with E-state index in [0.29, 0.717) is 13.0 Å². The number of carbonyl (C=O) groups is 2. The van der Waals surface area contributed by atoms with Gasteiger partial charge in [0.05, 0.1) is 17.0 Å². The molecule has 2 amide bonds. The number of halogens is 2. The Labute approximate surface area is 218 Å². The Balaban J connectivity index is 2.48. The Morgan fingerprint density at radius 2 is 1.74 bits per heavy atom. The van der Waals surface area contributed by atoms with Gasteiger partial charge in [-0.2, -0.15) is 0 Å². The fraction of sp³-hybridized carbons (Fsp3) is 0.440. The molecule has 0 spiro atoms. The highest BCUT2D eigenvalue weighted by Gasteiger charge is 2.32. The average molecular weight is 543 g/mol. The number of nitrogens with zero attached hydrogens (tertiary/aromatic N) is 2. The van der Waals surface area contributed by atoms with Gasteiger partial charge < -0.3 is 10.2 Å². The van der Waals surface area contributed by atoms with Gasteiger partial charge in [-0.25, -0.2) is 8.42 Å². The summed E-state index contributed by atoms with van der Waals surface area (Å²) in [5.41, 5.74) is 1.92. The van der Waals surface area contributed by atoms with E-state index in [1.165, 1.54) is 23.1 Å². The van der Waals surface area contributed by atoms with Crippen molar-refractivity contribution in [3.8, 4) is 0 Å². The number of aryl methyl sites for hydroxylation is 1. The van der Waals surface area contributed by atoms with Crippen molar-refractivity contribution in [3.05, 3.63) is 63.6 Å². The summed E-state index contributed by atoms with van der Waals surface area (Å²) in [6, 6.07) is 11.2. The Hall–Kier alpha value is -2.29. The minimum atomic E-state index is -3.90. The lowest BCUT2D eigenvalue weighted by atomic mass is 10.1. The molecule has 0 saturated carbocycles. The van der Waals surface area contributed by atoms with Crippen molar-refractivity contribution >= 4 is 50.7 Å². The van der Waals surface area contributed by atoms with Crippen molar-refractivity contribution in [2.75, 3.05) is 23.7 Å². The topological polar surface area (TPSA) is 86.8 Å². The first-order valence-electron chi connectivity index (χ1n) is 11.4. The summed E-state index contributed by atoms with van der Waals surface area (Å²) in [5.74, 6) is -0.571. The molecule has 0 bridgehead atoms. The number of carbonyl (C=O) groups excluding carboxylic acids is 2. The van der Waals surface area contributed by atoms with Gasteiger partial charge in [0, 0.05) is 18.1 Å². The van der Waals surface area contributed by atoms with E-state index in [0.717, 1.165) is 21.7 Å². The number of anilines is 1. The van der Waals surface area contributed by atoms with Crippen molar-refractivity contribution in [1.82, 2.24) is 10.2 Å². The molecule has 35 heavy (non-hydrogen) atoms. The maximum absolute atomic E-state index is 13.7. The molecule has 0 saturated heterocycles. The van der Waals surface area contributed by atoms with Crippen LogP contribution in [-0.4, -0.2) is 50.5 Å². The smallest absolute Gasteiger partial charge is 0.244 e. The van der Waals surface area contributed by atoms with Crippen molar-refractivity contribution in [2.45, 2.75) is 46.7 Å². The molecule has 10 heteroatoms. The minimum Gasteiger partial charge on any atom is -0.354 e. The van der Waals surface area contributed by atoms with Crippen molar-refractivity contribution in [1.29, 1.82) is 0 Å². The van der Waals surface area contributed by atoms with Crippen LogP contribution in [0.5, 0.6) is 0 Å². The zero-order valence-corrected chi connectivity index (χ0v) is 23.0. The Kier molecular flexibility index (Phi) is 10.4. The van der Waals surface area contributed by atoms with Gasteiger partial charge >= 0.3 is 0 Å². The molecule has 0 fully saturated rings. The van der Waals surface area contributed by atoms with E-state index in [2.05, 4.69) is 5.32 Å². The molecular formula is C25H33Cl2N3O4S. The van der Waals surface area contributed by atoms with Crippen molar-refractivity contribution in [2.24, 2.45) is 5.92 Å². The van der Waals surface area contributed by atoms with Crippen LogP contribution in [0.3, 0.4) is 0 Å². The molecule has 1 atom stereocenters. The van der Waals surface area contributed by atoms with Crippen LogP contribution in [0, 0.1) is 12.8 Å². The SMILES string of the molecule is CC[C@H](C(=O)NCC(C)C)N(Cc1ccccc1C)C(=O)CN(c1cc(Cl)ccc1Cl)S(C)(=O)=O. The van der Waals surface area contributed by atoms with E-state index >= 15 is 0 Å². The van der Waals surface area contributed by atoms with Gasteiger partial charge in [0.25, 0.3) is 0 Å². The first-order chi connectivity index (χ1) is 16.3. The second kappa shape index (κ2) is 12.6. The van der Waals surface area contributed by atoms with E-state index in [-0.39, 0.29) is 34.1 Å². The molecule has 0 radical (unpaired) electrons. The normalized spacial score (nSPS) is 12.3. The predicted octanol–water partition coefficient (Wildman–Crippen LogP) is 4.65. The lowest BCUT2D eigenvalue weighted by Crippen LogP contribution is -2.52. The predicted molar refractivity (Wildman–Crippen MR) is 142 cm³/mol. The number of nitrogens with one attached hydrogen (secondary N) is 1. The van der Waals surface area contributed by atoms with E-state index in [1.54, 1.807) is 0 Å². The highest BCUT2D eigenvalue weighted by atomic mass is 35.5. The molecule has 0 aromatic heterocycles. The molecule has 2 aromatic carbocycles. The van der Waals surface area contributed by atoms with Crippen LogP contribution in [-0.2, 0) is 26.2 Å². The number of hydrogen-bond acceptors (Lipinski definition) is 4. The van der Waals surface area contributed by atoms with Gasteiger partial charge in [-0.15, -0.1) is 0 Å². The van der Waals surface area contributed by atoms with Gasteiger partial charge in [-0.05, 0) is 48.6 Å². The molecule has 7 nitrogen and oxygen atoms in total. The Morgan fingerprint density at radius 3 is 2.31 bits per heavy atom. The quantitative estimate of drug-likeness (QED) is 0.448. The van der Waals surface area contributed by atoms with Crippen LogP contribution in [0.15, 0.2) is 42.5 Å². The fourth-order valence-electron chi connectivity index (χ4n) is 3.58. The summed E-state index contributed by atoms with van der Waals surface area (Å²) >= 11 is 12.3. The lowest BCUT2D eigenvalue weighted by Gasteiger charge is -2.33. The third kappa shape index (κ3) is 8.12. The summed E-state index contributed by atoms with van der Waals surface area (Å²) < 4.78 is 26.3. The van der Waals surface area contributed by atoms with Crippen molar-refractivity contribution in [3.63, 3.8) is 0 Å². The van der Waals surface area contributed by atoms with Gasteiger partial charge in [0.15, 0.2) is 0 Å². The zero-order chi connectivity index (χ0) is 26.3. The maximum Gasteiger partial charge on any atom is 0.244 e. The molecular weight excluding hydrogens is 509 g/mol. The van der Waals surface area contributed by atoms with E-state index < -0.39 is 28.5 Å². The Bertz CT molecular complexity index is 1160. The largest absolute Gasteiger partial charge is 0.354 e. The van der Waals surface area contributed by atoms with Crippen LogP contribution in [0.2, 0.25) is 10.0 Å². The number of rotatable bonds is 11. The van der Waals surface area contributed by atoms with E-state index in [1.807, 2.05) is 52.0 Å². The van der Waals surface area contributed by atoms with Gasteiger partial charge in [0.1, 0.15) is 12.6 Å². The van der Waals surface area contributed by atoms with Crippen LogP contribution in [0.4, 0.5) is 5.69 Å². The van der Waals surface area contributed by atoms with E-state index in [4.69, 9.17) is 23.2 Å². The second-order valence-corrected chi connectivity index (χ2v) is 11.6.